The van der Waals surface area contributed by atoms with E-state index < -0.39 is 5.91 Å². The van der Waals surface area contributed by atoms with E-state index >= 15 is 0 Å². The van der Waals surface area contributed by atoms with E-state index in [9.17, 15) is 9.59 Å². The van der Waals surface area contributed by atoms with E-state index in [1.807, 2.05) is 13.8 Å². The highest BCUT2D eigenvalue weighted by atomic mass is 16.2. The zero-order valence-corrected chi connectivity index (χ0v) is 10.4. The number of rotatable bonds is 6. The van der Waals surface area contributed by atoms with Gasteiger partial charge in [0.1, 0.15) is 6.42 Å². The van der Waals surface area contributed by atoms with Gasteiger partial charge in [0.05, 0.1) is 12.5 Å². The summed E-state index contributed by atoms with van der Waals surface area (Å²) < 4.78 is 0. The standard InChI is InChI=1S/C11H18N4O2/c1-8(2)7-13-11(17)6-9(3)14-15-10(16)4-5-12/h8H,4,6-7H2,1-3H3,(H,13,17)(H,15,16)/b14-9+. The highest BCUT2D eigenvalue weighted by Gasteiger charge is 2.05. The highest BCUT2D eigenvalue weighted by molar-refractivity contribution is 6.00. The van der Waals surface area contributed by atoms with E-state index in [0.717, 1.165) is 0 Å². The molecule has 2 N–H and O–H groups in total. The quantitative estimate of drug-likeness (QED) is 0.522. The Morgan fingerprint density at radius 3 is 2.53 bits per heavy atom. The van der Waals surface area contributed by atoms with Crippen LogP contribution in [0, 0.1) is 17.2 Å². The second-order valence-corrected chi connectivity index (χ2v) is 4.09. The van der Waals surface area contributed by atoms with Gasteiger partial charge in [-0.3, -0.25) is 9.59 Å². The molecule has 0 aliphatic rings. The monoisotopic (exact) mass is 238 g/mol. The lowest BCUT2D eigenvalue weighted by Crippen LogP contribution is -2.29. The molecule has 0 rings (SSSR count). The van der Waals surface area contributed by atoms with E-state index in [-0.39, 0.29) is 18.7 Å². The molecule has 0 aliphatic carbocycles. The molecule has 0 heterocycles. The fourth-order valence-corrected chi connectivity index (χ4v) is 0.921. The first kappa shape index (κ1) is 15.1. The molecular formula is C11H18N4O2. The van der Waals surface area contributed by atoms with E-state index in [1.54, 1.807) is 13.0 Å². The van der Waals surface area contributed by atoms with Gasteiger partial charge in [0.25, 0.3) is 5.91 Å². The maximum atomic E-state index is 11.4. The predicted molar refractivity (Wildman–Crippen MR) is 63.9 cm³/mol. The number of hydrogen-bond donors (Lipinski definition) is 2. The fourth-order valence-electron chi connectivity index (χ4n) is 0.921. The van der Waals surface area contributed by atoms with Crippen LogP contribution in [0.15, 0.2) is 5.10 Å². The van der Waals surface area contributed by atoms with Crippen LogP contribution in [-0.2, 0) is 9.59 Å². The van der Waals surface area contributed by atoms with Crippen LogP contribution in [0.5, 0.6) is 0 Å². The summed E-state index contributed by atoms with van der Waals surface area (Å²) in [5.74, 6) is -0.213. The first-order valence-corrected chi connectivity index (χ1v) is 5.41. The zero-order chi connectivity index (χ0) is 13.3. The average Bonchev–Trinajstić information content (AvgIpc) is 2.24. The Labute approximate surface area is 101 Å². The lowest BCUT2D eigenvalue weighted by atomic mass is 10.2. The SMILES string of the molecule is C/C(CC(=O)NCC(C)C)=N\NC(=O)CC#N. The number of hydrogen-bond acceptors (Lipinski definition) is 4. The first-order chi connectivity index (χ1) is 7.95. The molecule has 6 heteroatoms. The maximum absolute atomic E-state index is 11.4. The van der Waals surface area contributed by atoms with Crippen molar-refractivity contribution < 1.29 is 9.59 Å². The second-order valence-electron chi connectivity index (χ2n) is 4.09. The number of nitrogens with zero attached hydrogens (tertiary/aromatic N) is 2. The van der Waals surface area contributed by atoms with Crippen LogP contribution in [0.25, 0.3) is 0 Å². The molecule has 0 fully saturated rings. The van der Waals surface area contributed by atoms with Crippen LogP contribution in [0.1, 0.15) is 33.6 Å². The molecule has 0 atom stereocenters. The van der Waals surface area contributed by atoms with Crippen molar-refractivity contribution in [2.24, 2.45) is 11.0 Å². The molecule has 0 bridgehead atoms. The lowest BCUT2D eigenvalue weighted by Gasteiger charge is -2.07. The van der Waals surface area contributed by atoms with Crippen molar-refractivity contribution in [1.29, 1.82) is 5.26 Å². The molecule has 0 saturated heterocycles. The molecule has 6 nitrogen and oxygen atoms in total. The number of nitrogens with one attached hydrogen (secondary N) is 2. The van der Waals surface area contributed by atoms with E-state index in [2.05, 4.69) is 15.8 Å². The van der Waals surface area contributed by atoms with Crippen molar-refractivity contribution in [3.63, 3.8) is 0 Å². The lowest BCUT2D eigenvalue weighted by molar-refractivity contribution is -0.121. The normalized spacial score (nSPS) is 10.9. The van der Waals surface area contributed by atoms with Gasteiger partial charge in [-0.25, -0.2) is 5.43 Å². The van der Waals surface area contributed by atoms with Crippen molar-refractivity contribution in [3.05, 3.63) is 0 Å². The number of carbonyl (C=O) groups excluding carboxylic acids is 2. The summed E-state index contributed by atoms with van der Waals surface area (Å²) in [6, 6.07) is 1.70. The number of nitriles is 1. The van der Waals surface area contributed by atoms with Gasteiger partial charge >= 0.3 is 0 Å². The van der Waals surface area contributed by atoms with Crippen molar-refractivity contribution in [3.8, 4) is 6.07 Å². The molecule has 0 spiro atoms. The minimum absolute atomic E-state index is 0.130. The highest BCUT2D eigenvalue weighted by Crippen LogP contribution is 1.90. The van der Waals surface area contributed by atoms with Crippen LogP contribution in [-0.4, -0.2) is 24.1 Å². The van der Waals surface area contributed by atoms with Crippen molar-refractivity contribution in [2.75, 3.05) is 6.54 Å². The molecule has 0 saturated carbocycles. The van der Waals surface area contributed by atoms with Gasteiger partial charge in [-0.05, 0) is 12.8 Å². The molecule has 0 aliphatic heterocycles. The number of hydrazone groups is 1. The molecule has 94 valence electrons. The maximum Gasteiger partial charge on any atom is 0.254 e. The Bertz CT molecular complexity index is 342. The Kier molecular flexibility index (Phi) is 7.35. The van der Waals surface area contributed by atoms with Crippen molar-refractivity contribution in [2.45, 2.75) is 33.6 Å². The minimum Gasteiger partial charge on any atom is -0.356 e. The summed E-state index contributed by atoms with van der Waals surface area (Å²) in [6.45, 7) is 6.27. The van der Waals surface area contributed by atoms with Gasteiger partial charge in [0.2, 0.25) is 5.91 Å². The predicted octanol–water partition coefficient (Wildman–Crippen LogP) is 0.554. The number of carbonyl (C=O) groups is 2. The topological polar surface area (TPSA) is 94.3 Å². The zero-order valence-electron chi connectivity index (χ0n) is 10.4. The summed E-state index contributed by atoms with van der Waals surface area (Å²) in [7, 11) is 0. The smallest absolute Gasteiger partial charge is 0.254 e. The average molecular weight is 238 g/mol. The molecule has 2 amide bonds. The summed E-state index contributed by atoms with van der Waals surface area (Å²) in [5, 5.41) is 14.7. The molecule has 0 aromatic rings. The third-order valence-electron chi connectivity index (χ3n) is 1.73. The molecule has 0 unspecified atom stereocenters. The van der Waals surface area contributed by atoms with Gasteiger partial charge in [0, 0.05) is 12.3 Å². The van der Waals surface area contributed by atoms with Crippen molar-refractivity contribution >= 4 is 17.5 Å². The van der Waals surface area contributed by atoms with Gasteiger partial charge in [-0.2, -0.15) is 10.4 Å². The van der Waals surface area contributed by atoms with Gasteiger partial charge in [-0.1, -0.05) is 13.8 Å². The molecule has 0 radical (unpaired) electrons. The Hall–Kier alpha value is -1.90. The van der Waals surface area contributed by atoms with E-state index in [1.165, 1.54) is 0 Å². The molecule has 0 aromatic carbocycles. The van der Waals surface area contributed by atoms with E-state index in [4.69, 9.17) is 5.26 Å². The summed E-state index contributed by atoms with van der Waals surface area (Å²) >= 11 is 0. The van der Waals surface area contributed by atoms with Gasteiger partial charge in [0.15, 0.2) is 0 Å². The van der Waals surface area contributed by atoms with Crippen LogP contribution in [0.2, 0.25) is 0 Å². The van der Waals surface area contributed by atoms with Crippen LogP contribution in [0.3, 0.4) is 0 Å². The van der Waals surface area contributed by atoms with Crippen molar-refractivity contribution in [1.82, 2.24) is 10.7 Å². The fraction of sp³-hybridized carbons (Fsp3) is 0.636. The first-order valence-electron chi connectivity index (χ1n) is 5.41. The molecule has 0 aromatic heterocycles. The summed E-state index contributed by atoms with van der Waals surface area (Å²) in [4.78, 5) is 22.3. The summed E-state index contributed by atoms with van der Waals surface area (Å²) in [5.41, 5.74) is 2.70. The molecular weight excluding hydrogens is 220 g/mol. The third-order valence-corrected chi connectivity index (χ3v) is 1.73. The number of amides is 2. The van der Waals surface area contributed by atoms with Gasteiger partial charge in [-0.15, -0.1) is 0 Å². The van der Waals surface area contributed by atoms with Crippen LogP contribution in [0.4, 0.5) is 0 Å². The van der Waals surface area contributed by atoms with Crippen LogP contribution >= 0.6 is 0 Å². The van der Waals surface area contributed by atoms with E-state index in [0.29, 0.717) is 18.2 Å². The van der Waals surface area contributed by atoms with Gasteiger partial charge < -0.3 is 5.32 Å². The minimum atomic E-state index is -0.477. The Balaban J connectivity index is 3.95. The Morgan fingerprint density at radius 1 is 1.35 bits per heavy atom. The second kappa shape index (κ2) is 8.28. The largest absolute Gasteiger partial charge is 0.356 e. The third kappa shape index (κ3) is 9.05. The Morgan fingerprint density at radius 2 is 2.00 bits per heavy atom. The summed E-state index contributed by atoms with van der Waals surface area (Å²) in [6.07, 6.45) is -0.101. The molecule has 17 heavy (non-hydrogen) atoms. The van der Waals surface area contributed by atoms with Crippen LogP contribution < -0.4 is 10.7 Å².